The number of anilines is 1. The van der Waals surface area contributed by atoms with Gasteiger partial charge in [0.2, 0.25) is 0 Å². The zero-order valence-corrected chi connectivity index (χ0v) is 17.2. The van der Waals surface area contributed by atoms with E-state index in [1.54, 1.807) is 18.0 Å². The lowest BCUT2D eigenvalue weighted by Crippen LogP contribution is -2.46. The molecule has 0 N–H and O–H groups in total. The molecule has 0 aliphatic carbocycles. The second kappa shape index (κ2) is 7.81. The molecule has 2 saturated heterocycles. The van der Waals surface area contributed by atoms with Crippen LogP contribution in [0.4, 0.5) is 10.1 Å². The molecule has 0 bridgehead atoms. The molecule has 5 nitrogen and oxygen atoms in total. The number of halogens is 3. The maximum atomic E-state index is 14.2. The van der Waals surface area contributed by atoms with Gasteiger partial charge in [0.25, 0.3) is 0 Å². The highest BCUT2D eigenvalue weighted by Crippen LogP contribution is 2.37. The van der Waals surface area contributed by atoms with E-state index in [-0.39, 0.29) is 12.0 Å². The second-order valence-electron chi connectivity index (χ2n) is 6.86. The number of piperidine rings is 1. The van der Waals surface area contributed by atoms with Crippen molar-refractivity contribution in [1.29, 1.82) is 0 Å². The molecule has 2 aliphatic heterocycles. The summed E-state index contributed by atoms with van der Waals surface area (Å²) >= 11 is 13.4. The Labute approximate surface area is 171 Å². The van der Waals surface area contributed by atoms with Crippen LogP contribution >= 0.6 is 34.5 Å². The van der Waals surface area contributed by atoms with E-state index in [1.165, 1.54) is 23.5 Å². The molecule has 1 aromatic heterocycles. The number of likely N-dealkylation sites (N-methyl/N-ethyl adjacent to an activating group) is 1. The minimum Gasteiger partial charge on any atom is -0.345 e. The monoisotopic (exact) mass is 431 g/mol. The third kappa shape index (κ3) is 4.23. The van der Waals surface area contributed by atoms with Crippen molar-refractivity contribution in [1.82, 2.24) is 9.88 Å². The van der Waals surface area contributed by atoms with Crippen LogP contribution in [0.5, 0.6) is 0 Å². The third-order valence-corrected chi connectivity index (χ3v) is 6.42. The summed E-state index contributed by atoms with van der Waals surface area (Å²) in [6, 6.07) is 4.51. The van der Waals surface area contributed by atoms with Gasteiger partial charge in [-0.15, -0.1) is 11.3 Å². The van der Waals surface area contributed by atoms with Crippen LogP contribution in [0.3, 0.4) is 0 Å². The molecule has 3 heterocycles. The summed E-state index contributed by atoms with van der Waals surface area (Å²) in [6.07, 6.45) is 3.01. The number of hydrogen-bond acceptors (Lipinski definition) is 6. The lowest BCUT2D eigenvalue weighted by atomic mass is 10.0. The van der Waals surface area contributed by atoms with Crippen LogP contribution in [-0.2, 0) is 16.0 Å². The number of likely N-dealkylation sites (tertiary alicyclic amines) is 1. The van der Waals surface area contributed by atoms with Gasteiger partial charge < -0.3 is 14.4 Å². The standard InChI is InChI=1S/C18H20Cl2FN3O2S/c1-23(15-8-12(19)2-3-14(15)21)16-11-25-18(26-16)4-6-24(7-5-18)10-13-9-22-17(20)27-13/h2-3,8-9,16H,4-7,10-11H2,1H3. The molecular formula is C18H20Cl2FN3O2S. The Kier molecular flexibility index (Phi) is 5.60. The van der Waals surface area contributed by atoms with E-state index >= 15 is 0 Å². The summed E-state index contributed by atoms with van der Waals surface area (Å²) in [5.41, 5.74) is 0.410. The molecule has 2 aromatic rings. The molecule has 1 aromatic carbocycles. The Morgan fingerprint density at radius 3 is 2.85 bits per heavy atom. The van der Waals surface area contributed by atoms with Gasteiger partial charge in [-0.05, 0) is 18.2 Å². The first kappa shape index (κ1) is 19.4. The lowest BCUT2D eigenvalue weighted by molar-refractivity contribution is -0.195. The molecule has 0 amide bonds. The quantitative estimate of drug-likeness (QED) is 0.717. The Balaban J connectivity index is 1.36. The molecule has 1 atom stereocenters. The molecule has 1 unspecified atom stereocenters. The molecule has 146 valence electrons. The highest BCUT2D eigenvalue weighted by atomic mass is 35.5. The average Bonchev–Trinajstić information content (AvgIpc) is 3.25. The summed E-state index contributed by atoms with van der Waals surface area (Å²) in [6.45, 7) is 2.94. The highest BCUT2D eigenvalue weighted by molar-refractivity contribution is 7.15. The maximum absolute atomic E-state index is 14.2. The zero-order valence-electron chi connectivity index (χ0n) is 14.8. The van der Waals surface area contributed by atoms with E-state index < -0.39 is 5.79 Å². The molecule has 0 saturated carbocycles. The number of aromatic nitrogens is 1. The molecule has 1 spiro atoms. The Bertz CT molecular complexity index is 814. The molecule has 2 fully saturated rings. The van der Waals surface area contributed by atoms with E-state index in [2.05, 4.69) is 9.88 Å². The molecule has 9 heteroatoms. The van der Waals surface area contributed by atoms with Crippen molar-refractivity contribution in [3.8, 4) is 0 Å². The Hall–Kier alpha value is -0.960. The first-order chi connectivity index (χ1) is 12.9. The first-order valence-electron chi connectivity index (χ1n) is 8.76. The number of hydrogen-bond donors (Lipinski definition) is 0. The SMILES string of the molecule is CN(c1cc(Cl)ccc1F)C1COC2(CCN(Cc3cnc(Cl)s3)CC2)O1. The van der Waals surface area contributed by atoms with Crippen molar-refractivity contribution >= 4 is 40.2 Å². The van der Waals surface area contributed by atoms with Gasteiger partial charge in [-0.25, -0.2) is 9.37 Å². The van der Waals surface area contributed by atoms with Crippen LogP contribution in [0, 0.1) is 5.82 Å². The van der Waals surface area contributed by atoms with Crippen LogP contribution < -0.4 is 4.90 Å². The fourth-order valence-electron chi connectivity index (χ4n) is 3.53. The smallest absolute Gasteiger partial charge is 0.183 e. The van der Waals surface area contributed by atoms with Crippen LogP contribution in [0.15, 0.2) is 24.4 Å². The largest absolute Gasteiger partial charge is 0.345 e. The maximum Gasteiger partial charge on any atom is 0.183 e. The molecule has 4 rings (SSSR count). The highest BCUT2D eigenvalue weighted by Gasteiger charge is 2.45. The van der Waals surface area contributed by atoms with E-state index in [0.717, 1.165) is 37.4 Å². The second-order valence-corrected chi connectivity index (χ2v) is 8.99. The number of rotatable bonds is 4. The van der Waals surface area contributed by atoms with Crippen molar-refractivity contribution in [3.05, 3.63) is 44.6 Å². The van der Waals surface area contributed by atoms with Crippen molar-refractivity contribution in [3.63, 3.8) is 0 Å². The Morgan fingerprint density at radius 2 is 2.15 bits per heavy atom. The molecule has 27 heavy (non-hydrogen) atoms. The van der Waals surface area contributed by atoms with Gasteiger partial charge in [-0.3, -0.25) is 4.90 Å². The van der Waals surface area contributed by atoms with Gasteiger partial charge >= 0.3 is 0 Å². The number of thiazole rings is 1. The zero-order chi connectivity index (χ0) is 19.0. The van der Waals surface area contributed by atoms with Crippen molar-refractivity contribution in [2.75, 3.05) is 31.6 Å². The van der Waals surface area contributed by atoms with Crippen LogP contribution in [-0.4, -0.2) is 48.6 Å². The topological polar surface area (TPSA) is 37.8 Å². The van der Waals surface area contributed by atoms with E-state index in [0.29, 0.717) is 21.8 Å². The van der Waals surface area contributed by atoms with Crippen molar-refractivity contribution in [2.24, 2.45) is 0 Å². The number of benzene rings is 1. The summed E-state index contributed by atoms with van der Waals surface area (Å²) < 4.78 is 27.0. The normalized spacial score (nSPS) is 22.4. The van der Waals surface area contributed by atoms with Crippen LogP contribution in [0.1, 0.15) is 17.7 Å². The third-order valence-electron chi connectivity index (χ3n) is 5.08. The van der Waals surface area contributed by atoms with Crippen molar-refractivity contribution in [2.45, 2.75) is 31.4 Å². The molecule has 2 aliphatic rings. The minimum atomic E-state index is -0.601. The number of nitrogens with zero attached hydrogens (tertiary/aromatic N) is 3. The van der Waals surface area contributed by atoms with E-state index in [4.69, 9.17) is 32.7 Å². The van der Waals surface area contributed by atoms with E-state index in [1.807, 2.05) is 6.20 Å². The predicted octanol–water partition coefficient (Wildman–Crippen LogP) is 4.39. The average molecular weight is 432 g/mol. The van der Waals surface area contributed by atoms with Gasteiger partial charge in [-0.1, -0.05) is 23.2 Å². The van der Waals surface area contributed by atoms with Crippen molar-refractivity contribution < 1.29 is 13.9 Å². The van der Waals surface area contributed by atoms with Gasteiger partial charge in [0.15, 0.2) is 16.5 Å². The predicted molar refractivity (Wildman–Crippen MR) is 105 cm³/mol. The molecule has 0 radical (unpaired) electrons. The fourth-order valence-corrected chi connectivity index (χ4v) is 4.72. The van der Waals surface area contributed by atoms with E-state index in [9.17, 15) is 4.39 Å². The van der Waals surface area contributed by atoms with Gasteiger partial charge in [0.05, 0.1) is 12.3 Å². The summed E-state index contributed by atoms with van der Waals surface area (Å²) in [5, 5.41) is 0.489. The summed E-state index contributed by atoms with van der Waals surface area (Å²) in [7, 11) is 1.80. The van der Waals surface area contributed by atoms with Gasteiger partial charge in [0, 0.05) is 55.6 Å². The first-order valence-corrected chi connectivity index (χ1v) is 10.3. The van der Waals surface area contributed by atoms with Gasteiger partial charge in [0.1, 0.15) is 5.82 Å². The summed E-state index contributed by atoms with van der Waals surface area (Å²) in [4.78, 5) is 9.33. The Morgan fingerprint density at radius 1 is 1.37 bits per heavy atom. The number of ether oxygens (including phenoxy) is 2. The lowest BCUT2D eigenvalue weighted by Gasteiger charge is -2.38. The summed E-state index contributed by atoms with van der Waals surface area (Å²) in [5.74, 6) is -0.931. The minimum absolute atomic E-state index is 0.329. The molecular weight excluding hydrogens is 412 g/mol. The van der Waals surface area contributed by atoms with Crippen LogP contribution in [0.2, 0.25) is 9.49 Å². The van der Waals surface area contributed by atoms with Crippen LogP contribution in [0.25, 0.3) is 0 Å². The van der Waals surface area contributed by atoms with Gasteiger partial charge in [-0.2, -0.15) is 0 Å². The fraction of sp³-hybridized carbons (Fsp3) is 0.500.